The Kier molecular flexibility index (Phi) is 6.49. The van der Waals surface area contributed by atoms with Crippen molar-refractivity contribution in [3.8, 4) is 11.5 Å². The fourth-order valence-corrected chi connectivity index (χ4v) is 5.07. The van der Waals surface area contributed by atoms with Gasteiger partial charge in [-0.3, -0.25) is 14.5 Å². The zero-order chi connectivity index (χ0) is 24.5. The number of rotatable bonds is 6. The number of methoxy groups -OCH3 is 1. The molecule has 3 heterocycles. The Morgan fingerprint density at radius 3 is 2.69 bits per heavy atom. The quantitative estimate of drug-likeness (QED) is 0.388. The van der Waals surface area contributed by atoms with Gasteiger partial charge in [-0.15, -0.1) is 0 Å². The number of ether oxygens (including phenoxy) is 3. The van der Waals surface area contributed by atoms with Gasteiger partial charge in [-0.2, -0.15) is 0 Å². The molecule has 0 aliphatic carbocycles. The van der Waals surface area contributed by atoms with Crippen LogP contribution in [0.3, 0.4) is 0 Å². The van der Waals surface area contributed by atoms with E-state index in [4.69, 9.17) is 14.2 Å². The molecule has 0 spiro atoms. The minimum absolute atomic E-state index is 0.0601. The molecule has 1 N–H and O–H groups in total. The van der Waals surface area contributed by atoms with Crippen molar-refractivity contribution in [3.05, 3.63) is 64.7 Å². The fourth-order valence-electron chi connectivity index (χ4n) is 5.07. The highest BCUT2D eigenvalue weighted by molar-refractivity contribution is 6.46. The summed E-state index contributed by atoms with van der Waals surface area (Å²) in [5.41, 5.74) is 2.28. The molecule has 0 bridgehead atoms. The van der Waals surface area contributed by atoms with Crippen molar-refractivity contribution in [3.63, 3.8) is 0 Å². The molecule has 3 aliphatic heterocycles. The van der Waals surface area contributed by atoms with Crippen LogP contribution in [0.25, 0.3) is 5.76 Å². The molecule has 8 nitrogen and oxygen atoms in total. The first kappa shape index (κ1) is 23.4. The lowest BCUT2D eigenvalue weighted by atomic mass is 9.94. The number of morpholine rings is 1. The average Bonchev–Trinajstić information content (AvgIpc) is 3.38. The summed E-state index contributed by atoms with van der Waals surface area (Å²) >= 11 is 0. The molecule has 0 radical (unpaired) electrons. The van der Waals surface area contributed by atoms with Crippen LogP contribution < -0.4 is 9.47 Å². The van der Waals surface area contributed by atoms with E-state index in [0.717, 1.165) is 30.8 Å². The SMILES string of the molecule is COc1cccc(C2/C(=C(/O)c3ccc4c(c3)CC(C)O4)C(=O)C(=O)N2CCN2CCOCC2)c1. The molecule has 2 aromatic rings. The highest BCUT2D eigenvalue weighted by Gasteiger charge is 2.46. The van der Waals surface area contributed by atoms with Gasteiger partial charge in [0.2, 0.25) is 0 Å². The van der Waals surface area contributed by atoms with Gasteiger partial charge < -0.3 is 24.2 Å². The number of hydrogen-bond acceptors (Lipinski definition) is 7. The number of aliphatic hydroxyl groups is 1. The second kappa shape index (κ2) is 9.71. The standard InChI is InChI=1S/C27H30N2O6/c1-17-14-20-15-19(6-7-22(20)35-17)25(30)23-24(18-4-3-5-21(16-18)33-2)29(27(32)26(23)31)9-8-28-10-12-34-13-11-28/h3-7,15-17,24,30H,8-14H2,1-2H3/b25-23-. The number of aliphatic hydroxyl groups excluding tert-OH is 1. The second-order valence-corrected chi connectivity index (χ2v) is 9.18. The predicted octanol–water partition coefficient (Wildman–Crippen LogP) is 2.77. The van der Waals surface area contributed by atoms with E-state index in [-0.39, 0.29) is 17.4 Å². The van der Waals surface area contributed by atoms with Crippen LogP contribution in [0, 0.1) is 0 Å². The van der Waals surface area contributed by atoms with E-state index < -0.39 is 17.7 Å². The Morgan fingerprint density at radius 1 is 1.11 bits per heavy atom. The highest BCUT2D eigenvalue weighted by atomic mass is 16.5. The molecule has 5 rings (SSSR count). The molecule has 3 aliphatic rings. The number of ketones is 1. The first-order valence-electron chi connectivity index (χ1n) is 12.0. The van der Waals surface area contributed by atoms with E-state index in [1.54, 1.807) is 18.1 Å². The first-order valence-corrected chi connectivity index (χ1v) is 12.0. The Hall–Kier alpha value is -3.36. The lowest BCUT2D eigenvalue weighted by molar-refractivity contribution is -0.140. The molecule has 2 saturated heterocycles. The predicted molar refractivity (Wildman–Crippen MR) is 129 cm³/mol. The summed E-state index contributed by atoms with van der Waals surface area (Å²) in [7, 11) is 1.57. The van der Waals surface area contributed by atoms with Crippen LogP contribution in [0.5, 0.6) is 11.5 Å². The molecule has 35 heavy (non-hydrogen) atoms. The number of carbonyl (C=O) groups is 2. The summed E-state index contributed by atoms with van der Waals surface area (Å²) in [5.74, 6) is -0.0603. The number of Topliss-reactive ketones (excluding diaryl/α,β-unsaturated/α-hetero) is 1. The lowest BCUT2D eigenvalue weighted by Crippen LogP contribution is -2.42. The molecule has 2 aromatic carbocycles. The first-order chi connectivity index (χ1) is 17.0. The maximum atomic E-state index is 13.3. The Bertz CT molecular complexity index is 1170. The summed E-state index contributed by atoms with van der Waals surface area (Å²) in [6.45, 7) is 5.83. The molecular weight excluding hydrogens is 448 g/mol. The van der Waals surface area contributed by atoms with Crippen molar-refractivity contribution >= 4 is 17.4 Å². The number of hydrogen-bond donors (Lipinski definition) is 1. The number of carbonyl (C=O) groups excluding carboxylic acids is 2. The Morgan fingerprint density at radius 2 is 1.91 bits per heavy atom. The maximum absolute atomic E-state index is 13.3. The van der Waals surface area contributed by atoms with Crippen molar-refractivity contribution in [1.29, 1.82) is 0 Å². The van der Waals surface area contributed by atoms with Crippen molar-refractivity contribution in [2.75, 3.05) is 46.5 Å². The van der Waals surface area contributed by atoms with Crippen LogP contribution in [0.2, 0.25) is 0 Å². The maximum Gasteiger partial charge on any atom is 0.295 e. The van der Waals surface area contributed by atoms with Crippen LogP contribution in [0.4, 0.5) is 0 Å². The second-order valence-electron chi connectivity index (χ2n) is 9.18. The van der Waals surface area contributed by atoms with Gasteiger partial charge in [-0.25, -0.2) is 0 Å². The fraction of sp³-hybridized carbons (Fsp3) is 0.407. The van der Waals surface area contributed by atoms with Gasteiger partial charge >= 0.3 is 0 Å². The normalized spacial score (nSPS) is 23.9. The van der Waals surface area contributed by atoms with Gasteiger partial charge in [-0.05, 0) is 48.4 Å². The topological polar surface area (TPSA) is 88.5 Å². The number of nitrogens with zero attached hydrogens (tertiary/aromatic N) is 2. The summed E-state index contributed by atoms with van der Waals surface area (Å²) < 4.78 is 16.6. The van der Waals surface area contributed by atoms with Gasteiger partial charge in [0.25, 0.3) is 11.7 Å². The zero-order valence-electron chi connectivity index (χ0n) is 20.0. The van der Waals surface area contributed by atoms with E-state index in [0.29, 0.717) is 43.2 Å². The number of benzene rings is 2. The van der Waals surface area contributed by atoms with Crippen LogP contribution >= 0.6 is 0 Å². The van der Waals surface area contributed by atoms with E-state index in [9.17, 15) is 14.7 Å². The molecule has 2 fully saturated rings. The van der Waals surface area contributed by atoms with Crippen molar-refractivity contribution in [2.24, 2.45) is 0 Å². The summed E-state index contributed by atoms with van der Waals surface area (Å²) in [5, 5.41) is 11.4. The van der Waals surface area contributed by atoms with E-state index >= 15 is 0 Å². The molecular formula is C27H30N2O6. The van der Waals surface area contributed by atoms with E-state index in [1.165, 1.54) is 0 Å². The van der Waals surface area contributed by atoms with Crippen molar-refractivity contribution in [1.82, 2.24) is 9.80 Å². The zero-order valence-corrected chi connectivity index (χ0v) is 20.0. The Labute approximate surface area is 204 Å². The summed E-state index contributed by atoms with van der Waals surface area (Å²) in [4.78, 5) is 30.3. The van der Waals surface area contributed by atoms with Gasteiger partial charge in [0.05, 0.1) is 31.9 Å². The largest absolute Gasteiger partial charge is 0.507 e. The number of amides is 1. The molecule has 0 aromatic heterocycles. The van der Waals surface area contributed by atoms with Gasteiger partial charge in [0, 0.05) is 38.2 Å². The summed E-state index contributed by atoms with van der Waals surface area (Å²) in [6, 6.07) is 12.0. The average molecular weight is 479 g/mol. The van der Waals surface area contributed by atoms with Crippen molar-refractivity contribution < 1.29 is 28.9 Å². The number of fused-ring (bicyclic) bond motifs is 1. The molecule has 1 amide bonds. The summed E-state index contributed by atoms with van der Waals surface area (Å²) in [6.07, 6.45) is 0.786. The molecule has 0 saturated carbocycles. The van der Waals surface area contributed by atoms with Crippen LogP contribution in [0.15, 0.2) is 48.0 Å². The van der Waals surface area contributed by atoms with Crippen LogP contribution in [-0.4, -0.2) is 79.2 Å². The van der Waals surface area contributed by atoms with Gasteiger partial charge in [0.1, 0.15) is 23.4 Å². The Balaban J connectivity index is 1.54. The van der Waals surface area contributed by atoms with Crippen LogP contribution in [0.1, 0.15) is 29.7 Å². The lowest BCUT2D eigenvalue weighted by Gasteiger charge is -2.31. The number of likely N-dealkylation sites (tertiary alicyclic amines) is 1. The van der Waals surface area contributed by atoms with Crippen molar-refractivity contribution in [2.45, 2.75) is 25.5 Å². The van der Waals surface area contributed by atoms with Crippen LogP contribution in [-0.2, 0) is 20.7 Å². The monoisotopic (exact) mass is 478 g/mol. The third-order valence-corrected chi connectivity index (χ3v) is 6.88. The smallest absolute Gasteiger partial charge is 0.295 e. The van der Waals surface area contributed by atoms with Gasteiger partial charge in [-0.1, -0.05) is 12.1 Å². The van der Waals surface area contributed by atoms with Gasteiger partial charge in [0.15, 0.2) is 0 Å². The molecule has 2 unspecified atom stereocenters. The third kappa shape index (κ3) is 4.51. The minimum atomic E-state index is -0.713. The van der Waals surface area contributed by atoms with E-state index in [2.05, 4.69) is 4.90 Å². The third-order valence-electron chi connectivity index (χ3n) is 6.88. The van der Waals surface area contributed by atoms with E-state index in [1.807, 2.05) is 43.3 Å². The molecule has 184 valence electrons. The molecule has 2 atom stereocenters. The minimum Gasteiger partial charge on any atom is -0.507 e. The highest BCUT2D eigenvalue weighted by Crippen LogP contribution is 2.41. The molecule has 8 heteroatoms.